The summed E-state index contributed by atoms with van der Waals surface area (Å²) in [5, 5.41) is 9.24. The van der Waals surface area contributed by atoms with Crippen LogP contribution < -0.4 is 5.48 Å². The molecule has 1 rings (SSSR count). The number of halogens is 2. The highest BCUT2D eigenvalue weighted by Gasteiger charge is 2.06. The van der Waals surface area contributed by atoms with Crippen LogP contribution in [-0.2, 0) is 6.42 Å². The van der Waals surface area contributed by atoms with Gasteiger partial charge >= 0.3 is 0 Å². The molecule has 0 aliphatic carbocycles. The average Bonchev–Trinajstić information content (AvgIpc) is 2.20. The predicted molar refractivity (Wildman–Crippen MR) is 62.1 cm³/mol. The molecule has 0 amide bonds. The van der Waals surface area contributed by atoms with Gasteiger partial charge in [0.25, 0.3) is 0 Å². The molecular formula is C10H8Cl2N2O. The number of hydroxylamine groups is 1. The Kier molecular flexibility index (Phi) is 4.44. The fraction of sp³-hybridized carbons (Fsp3) is 0.100. The number of benzene rings is 1. The second-order valence-corrected chi connectivity index (χ2v) is 3.47. The van der Waals surface area contributed by atoms with E-state index >= 15 is 0 Å². The molecule has 0 radical (unpaired) electrons. The van der Waals surface area contributed by atoms with Crippen molar-refractivity contribution in [2.45, 2.75) is 6.42 Å². The normalized spacial score (nSPS) is 10.3. The third-order valence-electron chi connectivity index (χ3n) is 1.68. The van der Waals surface area contributed by atoms with Crippen molar-refractivity contribution in [2.24, 2.45) is 4.99 Å². The Morgan fingerprint density at radius 2 is 2.07 bits per heavy atom. The Morgan fingerprint density at radius 3 is 2.53 bits per heavy atom. The van der Waals surface area contributed by atoms with Crippen LogP contribution in [0.1, 0.15) is 5.56 Å². The average molecular weight is 243 g/mol. The van der Waals surface area contributed by atoms with Gasteiger partial charge in [0, 0.05) is 22.0 Å². The zero-order chi connectivity index (χ0) is 11.3. The van der Waals surface area contributed by atoms with E-state index < -0.39 is 0 Å². The molecule has 0 bridgehead atoms. The van der Waals surface area contributed by atoms with Crippen molar-refractivity contribution in [2.75, 3.05) is 0 Å². The summed E-state index contributed by atoms with van der Waals surface area (Å²) in [5.41, 5.74) is 3.02. The predicted octanol–water partition coefficient (Wildman–Crippen LogP) is 2.81. The van der Waals surface area contributed by atoms with Gasteiger partial charge in [0.05, 0.1) is 5.69 Å². The standard InChI is InChI=1S/C10H8Cl2N2O/c1-2-3-8-9(11)4-7(5-10(8)12)13-6-14-15/h1,4-6,15H,3H2,(H,13,14). The van der Waals surface area contributed by atoms with Gasteiger partial charge in [-0.15, -0.1) is 12.3 Å². The molecule has 3 nitrogen and oxygen atoms in total. The highest BCUT2D eigenvalue weighted by atomic mass is 35.5. The first kappa shape index (κ1) is 11.9. The van der Waals surface area contributed by atoms with Gasteiger partial charge in [-0.3, -0.25) is 10.7 Å². The van der Waals surface area contributed by atoms with Crippen molar-refractivity contribution < 1.29 is 5.21 Å². The van der Waals surface area contributed by atoms with E-state index in [0.29, 0.717) is 27.7 Å². The molecule has 5 heteroatoms. The molecular weight excluding hydrogens is 235 g/mol. The monoisotopic (exact) mass is 242 g/mol. The van der Waals surface area contributed by atoms with Crippen molar-refractivity contribution in [3.8, 4) is 12.3 Å². The minimum atomic E-state index is 0.375. The number of rotatable bonds is 3. The molecule has 0 unspecified atom stereocenters. The van der Waals surface area contributed by atoms with E-state index in [1.165, 1.54) is 0 Å². The summed E-state index contributed by atoms with van der Waals surface area (Å²) in [5.74, 6) is 2.47. The molecule has 1 aromatic rings. The molecule has 78 valence electrons. The summed E-state index contributed by atoms with van der Waals surface area (Å²) in [7, 11) is 0. The van der Waals surface area contributed by atoms with Crippen molar-refractivity contribution in [1.82, 2.24) is 5.48 Å². The van der Waals surface area contributed by atoms with Crippen molar-refractivity contribution in [1.29, 1.82) is 0 Å². The fourth-order valence-electron chi connectivity index (χ4n) is 1.04. The van der Waals surface area contributed by atoms with Gasteiger partial charge in [-0.05, 0) is 12.1 Å². The first-order valence-electron chi connectivity index (χ1n) is 4.02. The van der Waals surface area contributed by atoms with E-state index in [1.54, 1.807) is 17.6 Å². The van der Waals surface area contributed by atoms with Gasteiger partial charge < -0.3 is 0 Å². The van der Waals surface area contributed by atoms with E-state index in [4.69, 9.17) is 34.8 Å². The van der Waals surface area contributed by atoms with Crippen molar-refractivity contribution >= 4 is 35.2 Å². The van der Waals surface area contributed by atoms with Crippen LogP contribution in [0.2, 0.25) is 10.0 Å². The number of nitrogens with zero attached hydrogens (tertiary/aromatic N) is 1. The van der Waals surface area contributed by atoms with Crippen LogP contribution in [0.4, 0.5) is 5.69 Å². The van der Waals surface area contributed by atoms with E-state index in [9.17, 15) is 0 Å². The molecule has 0 spiro atoms. The summed E-state index contributed by atoms with van der Waals surface area (Å²) in [6.07, 6.45) is 6.67. The molecule has 0 aliphatic rings. The number of hydrogen-bond donors (Lipinski definition) is 2. The summed E-state index contributed by atoms with van der Waals surface area (Å²) in [6.45, 7) is 0. The maximum atomic E-state index is 8.31. The molecule has 2 N–H and O–H groups in total. The lowest BCUT2D eigenvalue weighted by molar-refractivity contribution is 0.240. The van der Waals surface area contributed by atoms with Gasteiger partial charge in [0.1, 0.15) is 6.34 Å². The molecule has 0 aliphatic heterocycles. The Labute approximate surface area is 97.7 Å². The van der Waals surface area contributed by atoms with Crippen LogP contribution >= 0.6 is 23.2 Å². The molecule has 0 aromatic heterocycles. The molecule has 0 heterocycles. The lowest BCUT2D eigenvalue weighted by Crippen LogP contribution is -2.00. The minimum absolute atomic E-state index is 0.375. The molecule has 15 heavy (non-hydrogen) atoms. The van der Waals surface area contributed by atoms with Gasteiger partial charge in [0.2, 0.25) is 0 Å². The molecule has 0 saturated heterocycles. The Bertz CT molecular complexity index is 401. The Hall–Kier alpha value is -1.21. The van der Waals surface area contributed by atoms with E-state index in [1.807, 2.05) is 0 Å². The molecule has 0 fully saturated rings. The third kappa shape index (κ3) is 3.14. The second kappa shape index (κ2) is 5.62. The van der Waals surface area contributed by atoms with Crippen LogP contribution in [0.15, 0.2) is 17.1 Å². The summed E-state index contributed by atoms with van der Waals surface area (Å²) < 4.78 is 0. The van der Waals surface area contributed by atoms with Crippen LogP contribution in [0.5, 0.6) is 0 Å². The Balaban J connectivity index is 3.09. The van der Waals surface area contributed by atoms with Crippen LogP contribution in [-0.4, -0.2) is 11.5 Å². The molecule has 0 atom stereocenters. The maximum absolute atomic E-state index is 8.31. The highest BCUT2D eigenvalue weighted by molar-refractivity contribution is 6.36. The van der Waals surface area contributed by atoms with Crippen LogP contribution in [0.3, 0.4) is 0 Å². The molecule has 0 saturated carbocycles. The third-order valence-corrected chi connectivity index (χ3v) is 2.35. The quantitative estimate of drug-likeness (QED) is 0.371. The summed E-state index contributed by atoms with van der Waals surface area (Å²) >= 11 is 11.9. The van der Waals surface area contributed by atoms with Crippen LogP contribution in [0.25, 0.3) is 0 Å². The first-order valence-corrected chi connectivity index (χ1v) is 4.78. The number of terminal acetylenes is 1. The van der Waals surface area contributed by atoms with E-state index in [0.717, 1.165) is 6.34 Å². The maximum Gasteiger partial charge on any atom is 0.113 e. The largest absolute Gasteiger partial charge is 0.290 e. The summed E-state index contributed by atoms with van der Waals surface area (Å²) in [6, 6.07) is 3.24. The topological polar surface area (TPSA) is 44.6 Å². The van der Waals surface area contributed by atoms with E-state index in [2.05, 4.69) is 10.9 Å². The van der Waals surface area contributed by atoms with Gasteiger partial charge in [-0.1, -0.05) is 23.2 Å². The fourth-order valence-corrected chi connectivity index (χ4v) is 1.65. The second-order valence-electron chi connectivity index (χ2n) is 2.66. The van der Waals surface area contributed by atoms with Crippen LogP contribution in [0, 0.1) is 12.3 Å². The molecule has 1 aromatic carbocycles. The smallest absolute Gasteiger partial charge is 0.113 e. The SMILES string of the molecule is C#CCc1c(Cl)cc(N=CNO)cc1Cl. The Morgan fingerprint density at radius 1 is 1.47 bits per heavy atom. The zero-order valence-corrected chi connectivity index (χ0v) is 9.18. The van der Waals surface area contributed by atoms with Crippen molar-refractivity contribution in [3.63, 3.8) is 0 Å². The van der Waals surface area contributed by atoms with E-state index in [-0.39, 0.29) is 0 Å². The van der Waals surface area contributed by atoms with Crippen molar-refractivity contribution in [3.05, 3.63) is 27.7 Å². The number of nitrogens with one attached hydrogen (secondary N) is 1. The van der Waals surface area contributed by atoms with Gasteiger partial charge in [0.15, 0.2) is 0 Å². The first-order chi connectivity index (χ1) is 7.19. The highest BCUT2D eigenvalue weighted by Crippen LogP contribution is 2.30. The number of hydrogen-bond acceptors (Lipinski definition) is 2. The van der Waals surface area contributed by atoms with Gasteiger partial charge in [-0.25, -0.2) is 4.99 Å². The van der Waals surface area contributed by atoms with Gasteiger partial charge in [-0.2, -0.15) is 0 Å². The lowest BCUT2D eigenvalue weighted by atomic mass is 10.1. The zero-order valence-electron chi connectivity index (χ0n) is 7.67. The minimum Gasteiger partial charge on any atom is -0.290 e. The number of aliphatic imine (C=N–C) groups is 1. The lowest BCUT2D eigenvalue weighted by Gasteiger charge is -2.04. The summed E-state index contributed by atoms with van der Waals surface area (Å²) in [4.78, 5) is 3.84.